The van der Waals surface area contributed by atoms with Crippen LogP contribution in [0.4, 0.5) is 0 Å². The molecular weight excluding hydrogens is 235 g/mol. The van der Waals surface area contributed by atoms with Crippen molar-refractivity contribution in [3.63, 3.8) is 0 Å². The van der Waals surface area contributed by atoms with Gasteiger partial charge in [-0.3, -0.25) is 12.2 Å². The molecule has 0 aromatic carbocycles. The first-order valence-corrected chi connectivity index (χ1v) is 4.41. The minimum absolute atomic E-state index is 0. The van der Waals surface area contributed by atoms with Crippen LogP contribution in [0.2, 0.25) is 0 Å². The van der Waals surface area contributed by atoms with E-state index in [9.17, 15) is 0 Å². The third-order valence-corrected chi connectivity index (χ3v) is 1.73. The Hall–Kier alpha value is -0.157. The molecule has 2 aliphatic carbocycles. The Morgan fingerprint density at radius 3 is 2.46 bits per heavy atom. The molecule has 0 fully saturated rings. The second-order valence-corrected chi connectivity index (χ2v) is 2.67. The molecule has 0 nitrogen and oxygen atoms in total. The van der Waals surface area contributed by atoms with Crippen molar-refractivity contribution in [2.45, 2.75) is 26.2 Å². The number of hydrogen-bond acceptors (Lipinski definition) is 0. The van der Waals surface area contributed by atoms with E-state index in [-0.39, 0.29) is 29.1 Å². The van der Waals surface area contributed by atoms with E-state index < -0.39 is 0 Å². The maximum Gasteiger partial charge on any atom is 2.00 e. The molecule has 70 valence electrons. The van der Waals surface area contributed by atoms with Gasteiger partial charge in [-0.2, -0.15) is 12.2 Å². The number of rotatable bonds is 1. The fraction of sp³-hybridized carbons (Fsp3) is 0.333. The van der Waals surface area contributed by atoms with E-state index >= 15 is 0 Å². The Morgan fingerprint density at radius 2 is 2.23 bits per heavy atom. The molecule has 0 amide bonds. The summed E-state index contributed by atoms with van der Waals surface area (Å²) in [6, 6.07) is 0. The van der Waals surface area contributed by atoms with Crippen LogP contribution in [0, 0.1) is 12.2 Å². The van der Waals surface area contributed by atoms with Gasteiger partial charge in [-0.05, 0) is 0 Å². The molecule has 0 N–H and O–H groups in total. The Bertz CT molecular complexity index is 230. The smallest absolute Gasteiger partial charge is 1.00 e. The van der Waals surface area contributed by atoms with Crippen LogP contribution in [0.5, 0.6) is 0 Å². The minimum atomic E-state index is 0. The van der Waals surface area contributed by atoms with Crippen LogP contribution in [0.3, 0.4) is 0 Å². The van der Waals surface area contributed by atoms with Crippen molar-refractivity contribution >= 4 is 0 Å². The summed E-state index contributed by atoms with van der Waals surface area (Å²) >= 11 is 0. The molecule has 0 unspecified atom stereocenters. The van der Waals surface area contributed by atoms with Crippen LogP contribution >= 0.6 is 0 Å². The van der Waals surface area contributed by atoms with E-state index in [1.807, 2.05) is 12.2 Å². The monoisotopic (exact) mass is 250 g/mol. The Labute approximate surface area is 103 Å². The predicted octanol–water partition coefficient (Wildman–Crippen LogP) is 3.61. The van der Waals surface area contributed by atoms with Gasteiger partial charge in [-0.1, -0.05) is 13.3 Å². The number of allylic oxidation sites excluding steroid dienone is 8. The van der Waals surface area contributed by atoms with Crippen molar-refractivity contribution in [2.24, 2.45) is 0 Å². The molecule has 2 aliphatic rings. The van der Waals surface area contributed by atoms with E-state index in [2.05, 4.69) is 37.3 Å². The Kier molecular flexibility index (Phi) is 8.34. The predicted molar refractivity (Wildman–Crippen MR) is 54.6 cm³/mol. The van der Waals surface area contributed by atoms with Crippen molar-refractivity contribution in [1.82, 2.24) is 0 Å². The van der Waals surface area contributed by atoms with E-state index in [0.29, 0.717) is 0 Å². The van der Waals surface area contributed by atoms with Crippen LogP contribution in [0.1, 0.15) is 29.0 Å². The molecule has 2 rings (SSSR count). The molecule has 0 radical (unpaired) electrons. The minimum Gasteiger partial charge on any atom is -1.00 e. The van der Waals surface area contributed by atoms with Gasteiger partial charge >= 0.3 is 26.2 Å². The summed E-state index contributed by atoms with van der Waals surface area (Å²) in [5.41, 5.74) is 1.36. The zero-order chi connectivity index (χ0) is 8.65. The molecule has 0 aromatic heterocycles. The Morgan fingerprint density at radius 1 is 1.38 bits per heavy atom. The van der Waals surface area contributed by atoms with Crippen molar-refractivity contribution in [2.75, 3.05) is 0 Å². The summed E-state index contributed by atoms with van der Waals surface area (Å²) in [6.45, 7) is 2.15. The zero-order valence-corrected chi connectivity index (χ0v) is 10.5. The first-order chi connectivity index (χ1) is 5.93. The average molecular weight is 251 g/mol. The molecular formula is C12H16Zr-2. The second-order valence-electron chi connectivity index (χ2n) is 2.67. The van der Waals surface area contributed by atoms with E-state index in [0.717, 1.165) is 19.3 Å². The molecule has 0 atom stereocenters. The quantitative estimate of drug-likeness (QED) is 0.625. The summed E-state index contributed by atoms with van der Waals surface area (Å²) in [5.74, 6) is 0. The van der Waals surface area contributed by atoms with Crippen LogP contribution in [0.15, 0.2) is 36.0 Å². The van der Waals surface area contributed by atoms with Crippen LogP contribution < -0.4 is 0 Å². The molecule has 0 saturated heterocycles. The van der Waals surface area contributed by atoms with Gasteiger partial charge in [-0.25, -0.2) is 23.8 Å². The molecule has 13 heavy (non-hydrogen) atoms. The fourth-order valence-corrected chi connectivity index (χ4v) is 1.03. The van der Waals surface area contributed by atoms with Gasteiger partial charge < -0.3 is 2.85 Å². The number of hydrogen-bond donors (Lipinski definition) is 0. The molecule has 1 heteroatoms. The van der Waals surface area contributed by atoms with Crippen molar-refractivity contribution in [3.8, 4) is 0 Å². The summed E-state index contributed by atoms with van der Waals surface area (Å²) < 4.78 is 0. The third kappa shape index (κ3) is 5.99. The van der Waals surface area contributed by atoms with Crippen LogP contribution in [-0.4, -0.2) is 0 Å². The van der Waals surface area contributed by atoms with Gasteiger partial charge in [0.2, 0.25) is 0 Å². The topological polar surface area (TPSA) is 0 Å². The molecule has 0 aliphatic heterocycles. The van der Waals surface area contributed by atoms with Crippen molar-refractivity contribution < 1.29 is 29.1 Å². The van der Waals surface area contributed by atoms with Crippen LogP contribution in [0.25, 0.3) is 0 Å². The van der Waals surface area contributed by atoms with Crippen molar-refractivity contribution in [1.29, 1.82) is 0 Å². The standard InChI is InChI=1S/C7H9.C5H5.Zr.2H/c1-2-7-5-3-4-6-7;1-2-4-5-3-1;;;/h3,5H,2,4H2,1H3;1-3H,4H2;;;/q2*-1;+2;2*-1. The molecule has 0 saturated carbocycles. The largest absolute Gasteiger partial charge is 2.00 e. The molecule has 0 aromatic rings. The molecule has 0 bridgehead atoms. The van der Waals surface area contributed by atoms with Crippen LogP contribution in [-0.2, 0) is 26.2 Å². The van der Waals surface area contributed by atoms with Gasteiger partial charge in [0.1, 0.15) is 0 Å². The molecule has 0 heterocycles. The van der Waals surface area contributed by atoms with Gasteiger partial charge in [0.05, 0.1) is 0 Å². The van der Waals surface area contributed by atoms with Crippen molar-refractivity contribution in [3.05, 3.63) is 48.1 Å². The Balaban J connectivity index is -0.000000165. The first kappa shape index (κ1) is 12.8. The third-order valence-electron chi connectivity index (χ3n) is 1.73. The van der Waals surface area contributed by atoms with E-state index in [1.165, 1.54) is 5.57 Å². The first-order valence-electron chi connectivity index (χ1n) is 4.41. The van der Waals surface area contributed by atoms with Gasteiger partial charge in [0.15, 0.2) is 0 Å². The van der Waals surface area contributed by atoms with Gasteiger partial charge in [-0.15, -0.1) is 12.8 Å². The van der Waals surface area contributed by atoms with E-state index in [1.54, 1.807) is 0 Å². The van der Waals surface area contributed by atoms with E-state index in [4.69, 9.17) is 0 Å². The summed E-state index contributed by atoms with van der Waals surface area (Å²) in [6.07, 6.45) is 19.7. The second kappa shape index (κ2) is 8.44. The average Bonchev–Trinajstić information content (AvgIpc) is 2.81. The zero-order valence-electron chi connectivity index (χ0n) is 10.0. The summed E-state index contributed by atoms with van der Waals surface area (Å²) in [4.78, 5) is 0. The SMILES string of the molecule is CCC1=[C-]CC=C1.[C-]1=CC=CC1.[H-].[H-].[Zr+2]. The fourth-order valence-electron chi connectivity index (χ4n) is 1.03. The maximum atomic E-state index is 3.21. The van der Waals surface area contributed by atoms with Gasteiger partial charge in [0.25, 0.3) is 0 Å². The maximum absolute atomic E-state index is 3.21. The normalized spacial score (nSPS) is 16.2. The summed E-state index contributed by atoms with van der Waals surface area (Å²) in [7, 11) is 0. The molecule has 0 spiro atoms. The van der Waals surface area contributed by atoms with Gasteiger partial charge in [0, 0.05) is 0 Å². The summed E-state index contributed by atoms with van der Waals surface area (Å²) in [5, 5.41) is 0.